The van der Waals surface area contributed by atoms with Crippen LogP contribution in [0.4, 0.5) is 17.6 Å². The third-order valence-corrected chi connectivity index (χ3v) is 4.76. The molecule has 2 fully saturated rings. The van der Waals surface area contributed by atoms with E-state index in [2.05, 4.69) is 0 Å². The van der Waals surface area contributed by atoms with Crippen LogP contribution in [-0.4, -0.2) is 23.9 Å². The molecule has 0 unspecified atom stereocenters. The minimum absolute atomic E-state index is 0.00491. The maximum Gasteiger partial charge on any atom is 0.397 e. The van der Waals surface area contributed by atoms with Crippen LogP contribution < -0.4 is 4.74 Å². The topological polar surface area (TPSA) is 46.5 Å². The largest absolute Gasteiger partial charge is 0.492 e. The van der Waals surface area contributed by atoms with E-state index >= 15 is 0 Å². The smallest absolute Gasteiger partial charge is 0.397 e. The van der Waals surface area contributed by atoms with Crippen LogP contribution in [0.5, 0.6) is 5.75 Å². The van der Waals surface area contributed by atoms with Gasteiger partial charge in [0.1, 0.15) is 18.2 Å². The van der Waals surface area contributed by atoms with E-state index in [-0.39, 0.29) is 24.5 Å². The second-order valence-corrected chi connectivity index (χ2v) is 6.37. The monoisotopic (exact) mass is 332 g/mol. The lowest BCUT2D eigenvalue weighted by atomic mass is 9.69. The highest BCUT2D eigenvalue weighted by molar-refractivity contribution is 5.88. The summed E-state index contributed by atoms with van der Waals surface area (Å²) in [5, 5.41) is 8.97. The summed E-state index contributed by atoms with van der Waals surface area (Å²) >= 11 is 0. The molecule has 3 nitrogen and oxygen atoms in total. The number of alkyl halides is 3. The predicted octanol–water partition coefficient (Wildman–Crippen LogP) is 4.51. The third-order valence-electron chi connectivity index (χ3n) is 4.76. The molecular formula is C16H16F4O3. The Morgan fingerprint density at radius 1 is 1.30 bits per heavy atom. The molecule has 0 heterocycles. The minimum atomic E-state index is -4.36. The van der Waals surface area contributed by atoms with Gasteiger partial charge in [-0.3, -0.25) is 0 Å². The molecule has 3 rings (SSSR count). The van der Waals surface area contributed by atoms with Crippen molar-refractivity contribution in [2.24, 2.45) is 5.41 Å². The fourth-order valence-corrected chi connectivity index (χ4v) is 2.90. The molecule has 1 aromatic carbocycles. The van der Waals surface area contributed by atoms with Gasteiger partial charge in [-0.1, -0.05) is 6.42 Å². The SMILES string of the molecule is O=C(O)c1cc(C2CC2)c(OCC2(C(F)(F)F)CCC2)cc1F. The number of carboxylic acids is 1. The van der Waals surface area contributed by atoms with Crippen LogP contribution in [0.3, 0.4) is 0 Å². The summed E-state index contributed by atoms with van der Waals surface area (Å²) in [5.74, 6) is -2.33. The summed E-state index contributed by atoms with van der Waals surface area (Å²) in [5.41, 5.74) is -1.86. The summed E-state index contributed by atoms with van der Waals surface area (Å²) in [6.07, 6.45) is -2.26. The summed E-state index contributed by atoms with van der Waals surface area (Å²) < 4.78 is 58.6. The van der Waals surface area contributed by atoms with E-state index in [1.165, 1.54) is 6.07 Å². The Kier molecular flexibility index (Phi) is 3.77. The second kappa shape index (κ2) is 5.39. The Labute approximate surface area is 130 Å². The highest BCUT2D eigenvalue weighted by atomic mass is 19.4. The maximum atomic E-state index is 13.8. The predicted molar refractivity (Wildman–Crippen MR) is 73.2 cm³/mol. The van der Waals surface area contributed by atoms with Crippen molar-refractivity contribution in [3.8, 4) is 5.75 Å². The quantitative estimate of drug-likeness (QED) is 0.807. The number of hydrogen-bond donors (Lipinski definition) is 1. The van der Waals surface area contributed by atoms with Crippen LogP contribution in [0.25, 0.3) is 0 Å². The van der Waals surface area contributed by atoms with Crippen LogP contribution in [0.15, 0.2) is 12.1 Å². The van der Waals surface area contributed by atoms with E-state index in [9.17, 15) is 22.4 Å². The van der Waals surface area contributed by atoms with Crippen molar-refractivity contribution in [2.45, 2.75) is 44.2 Å². The van der Waals surface area contributed by atoms with Crippen molar-refractivity contribution >= 4 is 5.97 Å². The first-order valence-electron chi connectivity index (χ1n) is 7.50. The molecule has 0 spiro atoms. The zero-order chi connectivity index (χ0) is 16.8. The molecule has 0 radical (unpaired) electrons. The first-order valence-corrected chi connectivity index (χ1v) is 7.50. The van der Waals surface area contributed by atoms with Gasteiger partial charge in [0, 0.05) is 6.07 Å². The maximum absolute atomic E-state index is 13.8. The molecule has 7 heteroatoms. The van der Waals surface area contributed by atoms with E-state index in [0.717, 1.165) is 18.9 Å². The first kappa shape index (κ1) is 16.1. The second-order valence-electron chi connectivity index (χ2n) is 6.37. The van der Waals surface area contributed by atoms with Crippen molar-refractivity contribution in [1.29, 1.82) is 0 Å². The molecule has 2 aliphatic carbocycles. The molecule has 0 aromatic heterocycles. The fourth-order valence-electron chi connectivity index (χ4n) is 2.90. The Balaban J connectivity index is 1.85. The van der Waals surface area contributed by atoms with Gasteiger partial charge in [-0.2, -0.15) is 13.2 Å². The molecule has 0 saturated heterocycles. The number of aromatic carboxylic acids is 1. The van der Waals surface area contributed by atoms with E-state index in [0.29, 0.717) is 12.0 Å². The van der Waals surface area contributed by atoms with Gasteiger partial charge in [0.05, 0.1) is 11.0 Å². The first-order chi connectivity index (χ1) is 10.7. The standard InChI is InChI=1S/C16H16F4O3/c17-12-7-13(10(9-2-3-9)6-11(12)14(21)22)23-8-15(4-1-5-15)16(18,19)20/h6-7,9H,1-5,8H2,(H,21,22). The fraction of sp³-hybridized carbons (Fsp3) is 0.562. The lowest BCUT2D eigenvalue weighted by Crippen LogP contribution is -2.48. The average Bonchev–Trinajstić information content (AvgIpc) is 3.19. The number of rotatable bonds is 5. The molecule has 2 saturated carbocycles. The van der Waals surface area contributed by atoms with Gasteiger partial charge in [-0.25, -0.2) is 9.18 Å². The minimum Gasteiger partial charge on any atom is -0.492 e. The van der Waals surface area contributed by atoms with Crippen LogP contribution in [0.1, 0.15) is 53.9 Å². The van der Waals surface area contributed by atoms with E-state index in [1.807, 2.05) is 0 Å². The molecule has 126 valence electrons. The van der Waals surface area contributed by atoms with Gasteiger partial charge in [-0.05, 0) is 43.2 Å². The number of halogens is 4. The summed E-state index contributed by atoms with van der Waals surface area (Å²) in [7, 11) is 0. The third kappa shape index (κ3) is 2.88. The van der Waals surface area contributed by atoms with E-state index in [1.54, 1.807) is 0 Å². The summed E-state index contributed by atoms with van der Waals surface area (Å²) in [6.45, 7) is -0.553. The molecule has 0 atom stereocenters. The van der Waals surface area contributed by atoms with Crippen molar-refractivity contribution in [3.63, 3.8) is 0 Å². The van der Waals surface area contributed by atoms with Gasteiger partial charge in [0.25, 0.3) is 0 Å². The Hall–Kier alpha value is -1.79. The van der Waals surface area contributed by atoms with Gasteiger partial charge < -0.3 is 9.84 Å². The van der Waals surface area contributed by atoms with Gasteiger partial charge in [0.15, 0.2) is 0 Å². The Bertz CT molecular complexity index is 631. The lowest BCUT2D eigenvalue weighted by Gasteiger charge is -2.42. The molecule has 23 heavy (non-hydrogen) atoms. The van der Waals surface area contributed by atoms with Crippen LogP contribution in [0.2, 0.25) is 0 Å². The van der Waals surface area contributed by atoms with Crippen molar-refractivity contribution < 1.29 is 32.2 Å². The van der Waals surface area contributed by atoms with Crippen LogP contribution in [0, 0.1) is 11.2 Å². The molecule has 1 N–H and O–H groups in total. The van der Waals surface area contributed by atoms with E-state index in [4.69, 9.17) is 9.84 Å². The molecule has 0 aliphatic heterocycles. The lowest BCUT2D eigenvalue weighted by molar-refractivity contribution is -0.259. The highest BCUT2D eigenvalue weighted by Crippen LogP contribution is 2.53. The highest BCUT2D eigenvalue weighted by Gasteiger charge is 2.58. The number of benzene rings is 1. The molecule has 1 aromatic rings. The van der Waals surface area contributed by atoms with Gasteiger partial charge >= 0.3 is 12.1 Å². The summed E-state index contributed by atoms with van der Waals surface area (Å²) in [4.78, 5) is 11.0. The molecular weight excluding hydrogens is 316 g/mol. The van der Waals surface area contributed by atoms with E-state index < -0.39 is 35.5 Å². The number of hydrogen-bond acceptors (Lipinski definition) is 2. The average molecular weight is 332 g/mol. The Morgan fingerprint density at radius 2 is 1.96 bits per heavy atom. The number of ether oxygens (including phenoxy) is 1. The van der Waals surface area contributed by atoms with Crippen molar-refractivity contribution in [3.05, 3.63) is 29.1 Å². The van der Waals surface area contributed by atoms with Gasteiger partial charge in [-0.15, -0.1) is 0 Å². The zero-order valence-corrected chi connectivity index (χ0v) is 12.3. The molecule has 2 aliphatic rings. The normalized spacial score (nSPS) is 20.0. The number of carbonyl (C=O) groups is 1. The van der Waals surface area contributed by atoms with Crippen LogP contribution in [-0.2, 0) is 0 Å². The summed E-state index contributed by atoms with van der Waals surface area (Å²) in [6, 6.07) is 2.09. The Morgan fingerprint density at radius 3 is 2.39 bits per heavy atom. The number of carboxylic acid groups (broad SMARTS) is 1. The van der Waals surface area contributed by atoms with Crippen molar-refractivity contribution in [1.82, 2.24) is 0 Å². The van der Waals surface area contributed by atoms with Gasteiger partial charge in [0.2, 0.25) is 0 Å². The van der Waals surface area contributed by atoms with Crippen LogP contribution >= 0.6 is 0 Å². The zero-order valence-electron chi connectivity index (χ0n) is 12.3. The van der Waals surface area contributed by atoms with Crippen molar-refractivity contribution in [2.75, 3.05) is 6.61 Å². The molecule has 0 amide bonds. The molecule has 0 bridgehead atoms.